The molecule has 0 spiro atoms. The van der Waals surface area contributed by atoms with Gasteiger partial charge in [-0.15, -0.1) is 0 Å². The van der Waals surface area contributed by atoms with Crippen LogP contribution in [-0.2, 0) is 21.3 Å². The molecule has 0 heterocycles. The molecule has 0 N–H and O–H groups in total. The van der Waals surface area contributed by atoms with Crippen LogP contribution in [0.1, 0.15) is 43.4 Å². The molecule has 2 aliphatic rings. The first-order valence-electron chi connectivity index (χ1n) is 10.8. The molecule has 3 heteroatoms. The fourth-order valence-corrected chi connectivity index (χ4v) is 13.9. The van der Waals surface area contributed by atoms with E-state index in [1.54, 1.807) is 14.3 Å². The number of allylic oxidation sites excluding steroid dienone is 2. The molecule has 32 heavy (non-hydrogen) atoms. The fraction of sp³-hybridized carbons (Fsp3) is 0.138. The molecule has 0 bridgehead atoms. The Labute approximate surface area is 210 Å². The van der Waals surface area contributed by atoms with Crippen LogP contribution >= 0.6 is 0 Å². The minimum absolute atomic E-state index is 0. The van der Waals surface area contributed by atoms with Crippen molar-refractivity contribution < 1.29 is 46.1 Å². The third-order valence-corrected chi connectivity index (χ3v) is 15.4. The Bertz CT molecular complexity index is 1320. The van der Waals surface area contributed by atoms with Crippen LogP contribution in [0.4, 0.5) is 0 Å². The first-order chi connectivity index (χ1) is 14.7. The summed E-state index contributed by atoms with van der Waals surface area (Å²) in [6, 6.07) is 27.1. The van der Waals surface area contributed by atoms with E-state index in [1.807, 2.05) is 0 Å². The summed E-state index contributed by atoms with van der Waals surface area (Å²) in [5.41, 5.74) is 6.04. The molecule has 0 aromatic heterocycles. The maximum atomic E-state index is 2.53. The van der Waals surface area contributed by atoms with E-state index in [0.717, 1.165) is 0 Å². The molecular formula is C29H24Cl2Zr. The van der Waals surface area contributed by atoms with Gasteiger partial charge in [0.2, 0.25) is 0 Å². The van der Waals surface area contributed by atoms with Crippen LogP contribution in [0.15, 0.2) is 84.9 Å². The van der Waals surface area contributed by atoms with Crippen molar-refractivity contribution in [2.24, 2.45) is 0 Å². The molecule has 0 saturated carbocycles. The van der Waals surface area contributed by atoms with Gasteiger partial charge in [0, 0.05) is 0 Å². The Morgan fingerprint density at radius 1 is 0.594 bits per heavy atom. The van der Waals surface area contributed by atoms with Crippen molar-refractivity contribution in [1.82, 2.24) is 0 Å². The van der Waals surface area contributed by atoms with Crippen molar-refractivity contribution in [2.75, 3.05) is 0 Å². The predicted octanol–water partition coefficient (Wildman–Crippen LogP) is 1.67. The van der Waals surface area contributed by atoms with Crippen LogP contribution in [0.5, 0.6) is 0 Å². The molecule has 2 unspecified atom stereocenters. The molecular weight excluding hydrogens is 510 g/mol. The van der Waals surface area contributed by atoms with Gasteiger partial charge in [-0.25, -0.2) is 0 Å². The summed E-state index contributed by atoms with van der Waals surface area (Å²) in [6.45, 7) is 4.79. The van der Waals surface area contributed by atoms with Gasteiger partial charge >= 0.3 is 186 Å². The predicted molar refractivity (Wildman–Crippen MR) is 128 cm³/mol. The van der Waals surface area contributed by atoms with E-state index in [9.17, 15) is 0 Å². The van der Waals surface area contributed by atoms with Crippen LogP contribution in [0.3, 0.4) is 0 Å². The van der Waals surface area contributed by atoms with E-state index in [1.165, 1.54) is 32.7 Å². The van der Waals surface area contributed by atoms with Gasteiger partial charge in [-0.2, -0.15) is 0 Å². The Morgan fingerprint density at radius 2 is 1.03 bits per heavy atom. The second kappa shape index (κ2) is 9.22. The van der Waals surface area contributed by atoms with Crippen LogP contribution in [-0.4, -0.2) is 3.21 Å². The molecule has 6 rings (SSSR count). The van der Waals surface area contributed by atoms with Crippen molar-refractivity contribution in [1.29, 1.82) is 0 Å². The molecule has 0 fully saturated rings. The SMILES string of the molecule is C[C](C)=[Zr+2]([CH]1C=Cc2c1ccc1ccccc21)[CH]1C=Cc2c1ccc1ccccc21.[Cl-].[Cl-]. The van der Waals surface area contributed by atoms with E-state index < -0.39 is 21.3 Å². The van der Waals surface area contributed by atoms with Gasteiger partial charge in [0.05, 0.1) is 0 Å². The monoisotopic (exact) mass is 532 g/mol. The number of benzene rings is 4. The second-order valence-electron chi connectivity index (χ2n) is 8.71. The quantitative estimate of drug-likeness (QED) is 0.367. The Balaban J connectivity index is 0.00000122. The average Bonchev–Trinajstić information content (AvgIpc) is 3.39. The minimum Gasteiger partial charge on any atom is -1.00 e. The maximum Gasteiger partial charge on any atom is -1.00 e. The molecule has 158 valence electrons. The molecule has 0 aliphatic heterocycles. The molecule has 4 aromatic carbocycles. The summed E-state index contributed by atoms with van der Waals surface area (Å²) in [7, 11) is 0. The zero-order valence-corrected chi connectivity index (χ0v) is 22.1. The summed E-state index contributed by atoms with van der Waals surface area (Å²) < 4.78 is 2.93. The van der Waals surface area contributed by atoms with E-state index in [2.05, 4.69) is 111 Å². The van der Waals surface area contributed by atoms with Gasteiger partial charge in [0.15, 0.2) is 0 Å². The molecule has 2 aliphatic carbocycles. The van der Waals surface area contributed by atoms with Crippen LogP contribution in [0.2, 0.25) is 0 Å². The van der Waals surface area contributed by atoms with Crippen molar-refractivity contribution in [3.63, 3.8) is 0 Å². The third-order valence-electron chi connectivity index (χ3n) is 6.84. The zero-order valence-electron chi connectivity index (χ0n) is 18.1. The first-order valence-corrected chi connectivity index (χ1v) is 14.9. The van der Waals surface area contributed by atoms with Gasteiger partial charge in [-0.3, -0.25) is 0 Å². The normalized spacial score (nSPS) is 17.3. The average molecular weight is 535 g/mol. The number of fused-ring (bicyclic) bond motifs is 6. The van der Waals surface area contributed by atoms with Crippen LogP contribution < -0.4 is 24.8 Å². The van der Waals surface area contributed by atoms with Crippen molar-refractivity contribution in [2.45, 2.75) is 21.1 Å². The minimum atomic E-state index is -2.04. The van der Waals surface area contributed by atoms with E-state index >= 15 is 0 Å². The molecule has 0 saturated heterocycles. The summed E-state index contributed by atoms with van der Waals surface area (Å²) >= 11 is -2.04. The molecule has 0 radical (unpaired) electrons. The summed E-state index contributed by atoms with van der Waals surface area (Å²) in [5.74, 6) is 0. The first kappa shape index (κ1) is 23.4. The molecule has 2 atom stereocenters. The van der Waals surface area contributed by atoms with E-state index in [-0.39, 0.29) is 24.8 Å². The van der Waals surface area contributed by atoms with Crippen molar-refractivity contribution >= 4 is 36.9 Å². The van der Waals surface area contributed by atoms with Gasteiger partial charge < -0.3 is 24.8 Å². The number of hydrogen-bond donors (Lipinski definition) is 0. The molecule has 4 aromatic rings. The number of halogens is 2. The Hall–Kier alpha value is -1.79. The Morgan fingerprint density at radius 3 is 1.47 bits per heavy atom. The largest absolute Gasteiger partial charge is 1.00 e. The molecule has 0 nitrogen and oxygen atoms in total. The van der Waals surface area contributed by atoms with E-state index in [0.29, 0.717) is 7.25 Å². The molecule has 0 amide bonds. The number of rotatable bonds is 2. The van der Waals surface area contributed by atoms with Crippen LogP contribution in [0.25, 0.3) is 33.7 Å². The van der Waals surface area contributed by atoms with Crippen molar-refractivity contribution in [3.8, 4) is 0 Å². The fourth-order valence-electron chi connectivity index (χ4n) is 5.49. The zero-order chi connectivity index (χ0) is 20.2. The third kappa shape index (κ3) is 3.60. The standard InChI is InChI=1S/2C13H9.C3H6.2ClH.Zr/c2*1-2-6-12-10(4-1)8-9-11-5-3-7-13(11)12;1-3-2;;;/h2*1-9H;1-2H3;2*1H;/q;;;;;+2/p-2. The van der Waals surface area contributed by atoms with Gasteiger partial charge in [-0.1, -0.05) is 0 Å². The summed E-state index contributed by atoms with van der Waals surface area (Å²) in [5, 5.41) is 5.50. The topological polar surface area (TPSA) is 0 Å². The maximum absolute atomic E-state index is 2.53. The van der Waals surface area contributed by atoms with Crippen LogP contribution in [0, 0.1) is 0 Å². The number of hydrogen-bond acceptors (Lipinski definition) is 0. The van der Waals surface area contributed by atoms with Gasteiger partial charge in [0.25, 0.3) is 0 Å². The second-order valence-corrected chi connectivity index (χ2v) is 16.5. The van der Waals surface area contributed by atoms with E-state index in [4.69, 9.17) is 0 Å². The van der Waals surface area contributed by atoms with Gasteiger partial charge in [-0.05, 0) is 0 Å². The summed E-state index contributed by atoms with van der Waals surface area (Å²) in [4.78, 5) is 0. The van der Waals surface area contributed by atoms with Crippen molar-refractivity contribution in [3.05, 3.63) is 107 Å². The van der Waals surface area contributed by atoms with Gasteiger partial charge in [0.1, 0.15) is 0 Å². The smallest absolute Gasteiger partial charge is 1.00 e. The Kier molecular flexibility index (Phi) is 6.74. The summed E-state index contributed by atoms with van der Waals surface area (Å²) in [6.07, 6.45) is 9.88.